The van der Waals surface area contributed by atoms with Gasteiger partial charge in [-0.1, -0.05) is 24.3 Å². The minimum atomic E-state index is -0.0903. The van der Waals surface area contributed by atoms with Crippen molar-refractivity contribution in [1.29, 1.82) is 0 Å². The summed E-state index contributed by atoms with van der Waals surface area (Å²) in [6, 6.07) is 15.7. The number of benzene rings is 1. The Morgan fingerprint density at radius 2 is 1.94 bits per heavy atom. The summed E-state index contributed by atoms with van der Waals surface area (Å²) in [5.74, 6) is 0.0376. The minimum absolute atomic E-state index is 0.0817. The standard InChI is InChI=1S/C23H22N4O2S2/c28-22-10-3-11-26(22)18-7-2-1-6-16(18)24-15-23(29)27-19(21-9-5-13-31-21)14-17(25-27)20-8-4-12-30-20/h1-2,4-9,12-13,19,24H,3,10-11,14-15H2. The maximum atomic E-state index is 13.2. The molecular formula is C23H22N4O2S2. The van der Waals surface area contributed by atoms with Crippen LogP contribution in [-0.2, 0) is 9.59 Å². The van der Waals surface area contributed by atoms with E-state index < -0.39 is 0 Å². The van der Waals surface area contributed by atoms with Gasteiger partial charge in [-0.15, -0.1) is 22.7 Å². The molecule has 3 aromatic rings. The maximum Gasteiger partial charge on any atom is 0.262 e. The van der Waals surface area contributed by atoms with Crippen LogP contribution in [0.25, 0.3) is 0 Å². The van der Waals surface area contributed by atoms with Crippen molar-refractivity contribution in [2.24, 2.45) is 5.10 Å². The largest absolute Gasteiger partial charge is 0.374 e. The van der Waals surface area contributed by atoms with Crippen LogP contribution >= 0.6 is 22.7 Å². The molecule has 0 radical (unpaired) electrons. The smallest absolute Gasteiger partial charge is 0.262 e. The number of anilines is 2. The molecule has 1 atom stereocenters. The van der Waals surface area contributed by atoms with E-state index in [0.29, 0.717) is 19.4 Å². The second-order valence-corrected chi connectivity index (χ2v) is 9.44. The van der Waals surface area contributed by atoms with Crippen LogP contribution in [0.1, 0.15) is 35.1 Å². The third-order valence-electron chi connectivity index (χ3n) is 5.54. The first-order valence-corrected chi connectivity index (χ1v) is 12.1. The number of hydrogen-bond acceptors (Lipinski definition) is 6. The Morgan fingerprint density at radius 1 is 1.10 bits per heavy atom. The van der Waals surface area contributed by atoms with Crippen molar-refractivity contribution < 1.29 is 9.59 Å². The van der Waals surface area contributed by atoms with Gasteiger partial charge in [-0.25, -0.2) is 5.01 Å². The van der Waals surface area contributed by atoms with Gasteiger partial charge >= 0.3 is 0 Å². The predicted molar refractivity (Wildman–Crippen MR) is 126 cm³/mol. The van der Waals surface area contributed by atoms with Gasteiger partial charge in [0.1, 0.15) is 0 Å². The van der Waals surface area contributed by atoms with Crippen molar-refractivity contribution in [3.8, 4) is 0 Å². The number of nitrogens with zero attached hydrogens (tertiary/aromatic N) is 3. The molecule has 0 saturated carbocycles. The number of carbonyl (C=O) groups is 2. The van der Waals surface area contributed by atoms with Gasteiger partial charge in [0.05, 0.1) is 34.6 Å². The molecule has 6 nitrogen and oxygen atoms in total. The molecule has 1 fully saturated rings. The number of hydrazone groups is 1. The zero-order chi connectivity index (χ0) is 21.2. The highest BCUT2D eigenvalue weighted by Crippen LogP contribution is 2.36. The number of rotatable bonds is 6. The summed E-state index contributed by atoms with van der Waals surface area (Å²) < 4.78 is 0. The first-order valence-electron chi connectivity index (χ1n) is 10.3. The van der Waals surface area contributed by atoms with Crippen molar-refractivity contribution in [1.82, 2.24) is 5.01 Å². The number of amides is 2. The average Bonchev–Trinajstić information content (AvgIpc) is 3.58. The second kappa shape index (κ2) is 8.64. The van der Waals surface area contributed by atoms with E-state index in [-0.39, 0.29) is 24.4 Å². The summed E-state index contributed by atoms with van der Waals surface area (Å²) in [6.07, 6.45) is 2.15. The Morgan fingerprint density at radius 3 is 2.68 bits per heavy atom. The molecule has 2 amide bonds. The zero-order valence-electron chi connectivity index (χ0n) is 16.9. The molecule has 2 aliphatic heterocycles. The van der Waals surface area contributed by atoms with Crippen LogP contribution in [0.3, 0.4) is 0 Å². The molecule has 4 heterocycles. The van der Waals surface area contributed by atoms with Gasteiger partial charge < -0.3 is 10.2 Å². The summed E-state index contributed by atoms with van der Waals surface area (Å²) in [7, 11) is 0. The molecule has 8 heteroatoms. The van der Waals surface area contributed by atoms with E-state index in [1.165, 1.54) is 0 Å². The Hall–Kier alpha value is -2.97. The molecule has 0 bridgehead atoms. The van der Waals surface area contributed by atoms with E-state index in [1.807, 2.05) is 53.2 Å². The van der Waals surface area contributed by atoms with Gasteiger partial charge in [-0.3, -0.25) is 9.59 Å². The highest BCUT2D eigenvalue weighted by molar-refractivity contribution is 7.12. The van der Waals surface area contributed by atoms with Crippen molar-refractivity contribution in [3.05, 3.63) is 69.0 Å². The quantitative estimate of drug-likeness (QED) is 0.591. The molecule has 2 aliphatic rings. The van der Waals surface area contributed by atoms with E-state index in [4.69, 9.17) is 5.10 Å². The lowest BCUT2D eigenvalue weighted by Crippen LogP contribution is -2.32. The highest BCUT2D eigenvalue weighted by atomic mass is 32.1. The van der Waals surface area contributed by atoms with Crippen LogP contribution in [-0.4, -0.2) is 35.6 Å². The average molecular weight is 451 g/mol. The van der Waals surface area contributed by atoms with Crippen LogP contribution in [0, 0.1) is 0 Å². The van der Waals surface area contributed by atoms with Gasteiger partial charge in [0.25, 0.3) is 5.91 Å². The summed E-state index contributed by atoms with van der Waals surface area (Å²) >= 11 is 3.29. The zero-order valence-corrected chi connectivity index (χ0v) is 18.5. The fourth-order valence-corrected chi connectivity index (χ4v) is 5.58. The lowest BCUT2D eigenvalue weighted by molar-refractivity contribution is -0.131. The first kappa shape index (κ1) is 20.0. The van der Waals surface area contributed by atoms with E-state index in [1.54, 1.807) is 32.6 Å². The van der Waals surface area contributed by atoms with E-state index in [0.717, 1.165) is 33.3 Å². The fraction of sp³-hybridized carbons (Fsp3) is 0.261. The SMILES string of the molecule is O=C1CCCN1c1ccccc1NCC(=O)N1N=C(c2cccs2)CC1c1cccs1. The fourth-order valence-electron chi connectivity index (χ4n) is 4.05. The highest BCUT2D eigenvalue weighted by Gasteiger charge is 2.34. The van der Waals surface area contributed by atoms with E-state index >= 15 is 0 Å². The van der Waals surface area contributed by atoms with Crippen LogP contribution in [0.15, 0.2) is 64.4 Å². The summed E-state index contributed by atoms with van der Waals surface area (Å²) in [5.41, 5.74) is 2.57. The number of nitrogens with one attached hydrogen (secondary N) is 1. The van der Waals surface area contributed by atoms with Crippen LogP contribution in [0.2, 0.25) is 0 Å². The van der Waals surface area contributed by atoms with Crippen molar-refractivity contribution >= 4 is 51.6 Å². The molecule has 1 aromatic carbocycles. The second-order valence-electron chi connectivity index (χ2n) is 7.52. The van der Waals surface area contributed by atoms with Gasteiger partial charge in [0.2, 0.25) is 5.91 Å². The molecule has 2 aromatic heterocycles. The van der Waals surface area contributed by atoms with E-state index in [9.17, 15) is 9.59 Å². The molecule has 158 valence electrons. The topological polar surface area (TPSA) is 65.0 Å². The molecule has 0 aliphatic carbocycles. The number of carbonyl (C=O) groups excluding carboxylic acids is 2. The van der Waals surface area contributed by atoms with Crippen molar-refractivity contribution in [3.63, 3.8) is 0 Å². The monoisotopic (exact) mass is 450 g/mol. The molecule has 1 saturated heterocycles. The lowest BCUT2D eigenvalue weighted by atomic mass is 10.1. The molecule has 0 spiro atoms. The van der Waals surface area contributed by atoms with Crippen molar-refractivity contribution in [2.45, 2.75) is 25.3 Å². The van der Waals surface area contributed by atoms with Gasteiger partial charge in [0.15, 0.2) is 0 Å². The van der Waals surface area contributed by atoms with Crippen LogP contribution in [0.4, 0.5) is 11.4 Å². The van der Waals surface area contributed by atoms with Gasteiger partial charge in [-0.05, 0) is 41.4 Å². The summed E-state index contributed by atoms with van der Waals surface area (Å²) in [5, 5.41) is 13.6. The van der Waals surface area contributed by atoms with Crippen LogP contribution in [0.5, 0.6) is 0 Å². The Balaban J connectivity index is 1.35. The molecule has 31 heavy (non-hydrogen) atoms. The number of para-hydroxylation sites is 2. The Bertz CT molecular complexity index is 1110. The third kappa shape index (κ3) is 4.00. The number of thiophene rings is 2. The maximum absolute atomic E-state index is 13.2. The van der Waals surface area contributed by atoms with E-state index in [2.05, 4.69) is 11.4 Å². The lowest BCUT2D eigenvalue weighted by Gasteiger charge is -2.23. The molecule has 5 rings (SSSR count). The Kier molecular flexibility index (Phi) is 5.57. The minimum Gasteiger partial charge on any atom is -0.374 e. The summed E-state index contributed by atoms with van der Waals surface area (Å²) in [4.78, 5) is 29.5. The molecular weight excluding hydrogens is 428 g/mol. The molecule has 1 unspecified atom stereocenters. The third-order valence-corrected chi connectivity index (χ3v) is 7.43. The summed E-state index contributed by atoms with van der Waals surface area (Å²) in [6.45, 7) is 0.828. The predicted octanol–water partition coefficient (Wildman–Crippen LogP) is 4.73. The first-order chi connectivity index (χ1) is 15.2. The normalized spacial score (nSPS) is 18.5. The molecule has 1 N–H and O–H groups in total. The van der Waals surface area contributed by atoms with Gasteiger partial charge in [-0.2, -0.15) is 5.10 Å². The Labute approximate surface area is 188 Å². The van der Waals surface area contributed by atoms with Crippen LogP contribution < -0.4 is 10.2 Å². The van der Waals surface area contributed by atoms with Crippen molar-refractivity contribution in [2.75, 3.05) is 23.3 Å². The number of hydrogen-bond donors (Lipinski definition) is 1. The van der Waals surface area contributed by atoms with Gasteiger partial charge in [0, 0.05) is 24.3 Å².